The number of benzene rings is 3. The molecule has 0 N–H and O–H groups in total. The molecule has 6 nitrogen and oxygen atoms in total. The highest BCUT2D eigenvalue weighted by Crippen LogP contribution is 2.41. The maximum atomic E-state index is 13.8. The molecular formula is C32H25ClF2N6S2. The summed E-state index contributed by atoms with van der Waals surface area (Å²) in [5, 5.41) is 14.2. The van der Waals surface area contributed by atoms with Gasteiger partial charge in [-0.05, 0) is 97.4 Å². The summed E-state index contributed by atoms with van der Waals surface area (Å²) in [6.45, 7) is 2.75. The number of hydrogen-bond donors (Lipinski definition) is 0. The molecule has 1 saturated heterocycles. The van der Waals surface area contributed by atoms with Crippen molar-refractivity contribution in [3.8, 4) is 16.8 Å². The number of hydrogen-bond acceptors (Lipinski definition) is 7. The molecule has 1 aliphatic rings. The predicted molar refractivity (Wildman–Crippen MR) is 167 cm³/mol. The van der Waals surface area contributed by atoms with Gasteiger partial charge < -0.3 is 0 Å². The molecule has 1 aliphatic heterocycles. The fourth-order valence-electron chi connectivity index (χ4n) is 5.28. The highest BCUT2D eigenvalue weighted by molar-refractivity contribution is 7.99. The first kappa shape index (κ1) is 28.1. The Morgan fingerprint density at radius 3 is 2.26 bits per heavy atom. The lowest BCUT2D eigenvalue weighted by Gasteiger charge is -2.16. The van der Waals surface area contributed by atoms with E-state index in [1.807, 2.05) is 29.6 Å². The van der Waals surface area contributed by atoms with E-state index < -0.39 is 0 Å². The van der Waals surface area contributed by atoms with Crippen LogP contribution in [0.2, 0.25) is 5.02 Å². The topological polar surface area (TPSA) is 59.7 Å². The van der Waals surface area contributed by atoms with E-state index in [-0.39, 0.29) is 11.6 Å². The smallest absolute Gasteiger partial charge is 0.202 e. The van der Waals surface area contributed by atoms with Crippen LogP contribution in [0.3, 0.4) is 0 Å². The van der Waals surface area contributed by atoms with Crippen molar-refractivity contribution in [2.75, 3.05) is 13.1 Å². The molecule has 1 fully saturated rings. The van der Waals surface area contributed by atoms with Crippen molar-refractivity contribution in [2.24, 2.45) is 0 Å². The molecule has 7 rings (SSSR count). The first-order chi connectivity index (χ1) is 21.0. The summed E-state index contributed by atoms with van der Waals surface area (Å²) in [6.07, 6.45) is 2.80. The quantitative estimate of drug-likeness (QED) is 0.158. The van der Waals surface area contributed by atoms with Gasteiger partial charge in [-0.15, -0.1) is 21.5 Å². The molecule has 3 aromatic carbocycles. The SMILES string of the molecule is Fc1ccc(Cc2nc(Sc3nnc(CN4CCCC4)n3-c3ccc(Cl)cc3)c3c(-c4ccc(F)cc4)csc3n2)cc1. The van der Waals surface area contributed by atoms with Crippen molar-refractivity contribution >= 4 is 44.9 Å². The molecule has 43 heavy (non-hydrogen) atoms. The Morgan fingerprint density at radius 2 is 1.53 bits per heavy atom. The largest absolute Gasteiger partial charge is 0.296 e. The zero-order chi connectivity index (χ0) is 29.3. The van der Waals surface area contributed by atoms with Crippen LogP contribution in [0.15, 0.2) is 88.4 Å². The summed E-state index contributed by atoms with van der Waals surface area (Å²) in [7, 11) is 0. The van der Waals surface area contributed by atoms with Crippen LogP contribution in [-0.2, 0) is 13.0 Å². The molecule has 4 heterocycles. The third-order valence-electron chi connectivity index (χ3n) is 7.41. The highest BCUT2D eigenvalue weighted by Gasteiger charge is 2.23. The van der Waals surface area contributed by atoms with Crippen LogP contribution >= 0.6 is 34.7 Å². The number of likely N-dealkylation sites (tertiary alicyclic amines) is 1. The molecule has 0 aliphatic carbocycles. The first-order valence-electron chi connectivity index (χ1n) is 13.9. The van der Waals surface area contributed by atoms with Crippen molar-refractivity contribution in [3.05, 3.63) is 112 Å². The van der Waals surface area contributed by atoms with E-state index in [1.54, 1.807) is 24.3 Å². The van der Waals surface area contributed by atoms with Crippen molar-refractivity contribution in [1.82, 2.24) is 29.6 Å². The minimum Gasteiger partial charge on any atom is -0.296 e. The van der Waals surface area contributed by atoms with Gasteiger partial charge in [-0.3, -0.25) is 9.47 Å². The molecule has 6 aromatic rings. The van der Waals surface area contributed by atoms with Crippen molar-refractivity contribution < 1.29 is 8.78 Å². The number of rotatable bonds is 8. The number of thiophene rings is 1. The highest BCUT2D eigenvalue weighted by atomic mass is 35.5. The molecule has 11 heteroatoms. The van der Waals surface area contributed by atoms with Gasteiger partial charge in [0.1, 0.15) is 27.3 Å². The molecule has 0 radical (unpaired) electrons. The molecule has 0 atom stereocenters. The third-order valence-corrected chi connectivity index (χ3v) is 9.47. The number of nitrogens with zero attached hydrogens (tertiary/aromatic N) is 6. The average Bonchev–Trinajstić information content (AvgIpc) is 3.77. The maximum Gasteiger partial charge on any atom is 0.202 e. The molecule has 216 valence electrons. The lowest BCUT2D eigenvalue weighted by molar-refractivity contribution is 0.319. The van der Waals surface area contributed by atoms with Crippen LogP contribution in [0, 0.1) is 11.6 Å². The predicted octanol–water partition coefficient (Wildman–Crippen LogP) is 8.21. The number of fused-ring (bicyclic) bond motifs is 1. The van der Waals surface area contributed by atoms with Crippen LogP contribution in [-0.4, -0.2) is 42.7 Å². The molecule has 0 unspecified atom stereocenters. The summed E-state index contributed by atoms with van der Waals surface area (Å²) in [4.78, 5) is 13.1. The van der Waals surface area contributed by atoms with Gasteiger partial charge in [0, 0.05) is 28.1 Å². The van der Waals surface area contributed by atoms with Crippen LogP contribution in [0.5, 0.6) is 0 Å². The Balaban J connectivity index is 1.35. The third kappa shape index (κ3) is 6.05. The summed E-state index contributed by atoms with van der Waals surface area (Å²) in [5.41, 5.74) is 3.61. The minimum atomic E-state index is -0.294. The fraction of sp³-hybridized carbons (Fsp3) is 0.188. The van der Waals surface area contributed by atoms with Gasteiger partial charge in [0.25, 0.3) is 0 Å². The second-order valence-corrected chi connectivity index (χ2v) is 12.6. The summed E-state index contributed by atoms with van der Waals surface area (Å²) >= 11 is 9.17. The number of halogens is 3. The van der Waals surface area contributed by atoms with Gasteiger partial charge in [0.05, 0.1) is 11.9 Å². The summed E-state index contributed by atoms with van der Waals surface area (Å²) < 4.78 is 29.4. The molecule has 0 saturated carbocycles. The molecule has 0 spiro atoms. The normalized spacial score (nSPS) is 13.7. The van der Waals surface area contributed by atoms with Crippen molar-refractivity contribution in [2.45, 2.75) is 36.0 Å². The van der Waals surface area contributed by atoms with Crippen LogP contribution in [0.25, 0.3) is 27.0 Å². The monoisotopic (exact) mass is 630 g/mol. The van der Waals surface area contributed by atoms with Gasteiger partial charge in [-0.1, -0.05) is 35.9 Å². The zero-order valence-electron chi connectivity index (χ0n) is 22.9. The maximum absolute atomic E-state index is 13.8. The van der Waals surface area contributed by atoms with Crippen LogP contribution in [0.4, 0.5) is 8.78 Å². The molecule has 3 aromatic heterocycles. The van der Waals surface area contributed by atoms with Gasteiger partial charge >= 0.3 is 0 Å². The van der Waals surface area contributed by atoms with E-state index in [4.69, 9.17) is 21.6 Å². The van der Waals surface area contributed by atoms with Gasteiger partial charge in [0.15, 0.2) is 5.82 Å². The molecule has 0 amide bonds. The van der Waals surface area contributed by atoms with E-state index >= 15 is 0 Å². The second-order valence-electron chi connectivity index (χ2n) is 10.4. The zero-order valence-corrected chi connectivity index (χ0v) is 25.3. The van der Waals surface area contributed by atoms with Gasteiger partial charge in [-0.2, -0.15) is 0 Å². The van der Waals surface area contributed by atoms with Crippen molar-refractivity contribution in [1.29, 1.82) is 0 Å². The Morgan fingerprint density at radius 1 is 0.837 bits per heavy atom. The Kier molecular flexibility index (Phi) is 7.92. The summed E-state index contributed by atoms with van der Waals surface area (Å²) in [5.74, 6) is 0.874. The Labute approximate surface area is 260 Å². The van der Waals surface area contributed by atoms with Gasteiger partial charge in [0.2, 0.25) is 5.16 Å². The van der Waals surface area contributed by atoms with E-state index in [2.05, 4.69) is 19.7 Å². The minimum absolute atomic E-state index is 0.287. The number of aromatic nitrogens is 5. The molecular weight excluding hydrogens is 606 g/mol. The second kappa shape index (κ2) is 12.1. The first-order valence-corrected chi connectivity index (χ1v) is 16.0. The Hall–Kier alpha value is -3.70. The van der Waals surface area contributed by atoms with E-state index in [9.17, 15) is 8.78 Å². The van der Waals surface area contributed by atoms with Crippen LogP contribution in [0.1, 0.15) is 30.1 Å². The fourth-order valence-corrected chi connectivity index (χ4v) is 7.45. The lowest BCUT2D eigenvalue weighted by Crippen LogP contribution is -2.21. The van der Waals surface area contributed by atoms with Crippen LogP contribution < -0.4 is 0 Å². The Bertz CT molecular complexity index is 1880. The van der Waals surface area contributed by atoms with Gasteiger partial charge in [-0.25, -0.2) is 18.7 Å². The van der Waals surface area contributed by atoms with E-state index in [1.165, 1.54) is 60.2 Å². The van der Waals surface area contributed by atoms with E-state index in [0.717, 1.165) is 56.5 Å². The lowest BCUT2D eigenvalue weighted by atomic mass is 10.1. The van der Waals surface area contributed by atoms with E-state index in [0.29, 0.717) is 29.0 Å². The summed E-state index contributed by atoms with van der Waals surface area (Å²) in [6, 6.07) is 20.5. The molecule has 0 bridgehead atoms. The average molecular weight is 631 g/mol. The standard InChI is InChI=1S/C32H25ClF2N6S2/c33-22-7-13-25(14-8-22)41-28(18-40-15-1-2-16-40)38-39-32(41)43-31-29-26(21-5-11-24(35)12-6-21)19-42-30(29)36-27(37-31)17-20-3-9-23(34)10-4-20/h3-14,19H,1-2,15-18H2. The van der Waals surface area contributed by atoms with Crippen molar-refractivity contribution in [3.63, 3.8) is 0 Å².